The molecule has 1 aromatic carbocycles. The lowest BCUT2D eigenvalue weighted by Crippen LogP contribution is -2.48. The molecule has 1 aliphatic rings. The quantitative estimate of drug-likeness (QED) is 0.818. The van der Waals surface area contributed by atoms with Crippen molar-refractivity contribution in [3.63, 3.8) is 0 Å². The van der Waals surface area contributed by atoms with Gasteiger partial charge in [-0.2, -0.15) is 0 Å². The van der Waals surface area contributed by atoms with E-state index in [4.69, 9.17) is 11.6 Å². The Balaban J connectivity index is 0.00000208. The number of halogens is 2. The lowest BCUT2D eigenvalue weighted by atomic mass is 10.0. The van der Waals surface area contributed by atoms with Gasteiger partial charge in [-0.25, -0.2) is 9.67 Å². The van der Waals surface area contributed by atoms with Gasteiger partial charge in [0.1, 0.15) is 5.82 Å². The number of nitrogens with one attached hydrogen (secondary N) is 2. The summed E-state index contributed by atoms with van der Waals surface area (Å²) in [5, 5.41) is 11.0. The van der Waals surface area contributed by atoms with Gasteiger partial charge in [0.2, 0.25) is 5.82 Å². The van der Waals surface area contributed by atoms with E-state index in [1.807, 2.05) is 18.2 Å². The summed E-state index contributed by atoms with van der Waals surface area (Å²) in [7, 11) is 0. The lowest BCUT2D eigenvalue weighted by molar-refractivity contribution is 0.0932. The van der Waals surface area contributed by atoms with Crippen molar-refractivity contribution in [2.75, 3.05) is 19.6 Å². The molecule has 24 heavy (non-hydrogen) atoms. The van der Waals surface area contributed by atoms with Crippen LogP contribution in [0.25, 0.3) is 5.69 Å². The maximum Gasteiger partial charge on any atom is 0.290 e. The van der Waals surface area contributed by atoms with E-state index in [9.17, 15) is 4.79 Å². The van der Waals surface area contributed by atoms with E-state index in [1.54, 1.807) is 10.7 Å². The molecule has 2 N–H and O–H groups in total. The third-order valence-corrected chi connectivity index (χ3v) is 4.17. The number of aromatic nitrogens is 3. The van der Waals surface area contributed by atoms with Crippen LogP contribution in [0, 0.1) is 5.92 Å². The predicted octanol–water partition coefficient (Wildman–Crippen LogP) is 2.24. The number of benzene rings is 1. The van der Waals surface area contributed by atoms with Gasteiger partial charge in [0.05, 0.1) is 10.7 Å². The zero-order valence-electron chi connectivity index (χ0n) is 13.5. The molecule has 1 amide bonds. The second-order valence-corrected chi connectivity index (χ2v) is 6.11. The highest BCUT2D eigenvalue weighted by atomic mass is 35.5. The fourth-order valence-electron chi connectivity index (χ4n) is 2.45. The first-order valence-corrected chi connectivity index (χ1v) is 8.26. The number of para-hydroxylation sites is 1. The molecule has 1 fully saturated rings. The molecule has 130 valence electrons. The summed E-state index contributed by atoms with van der Waals surface area (Å²) < 4.78 is 1.67. The van der Waals surface area contributed by atoms with Gasteiger partial charge in [0.25, 0.3) is 5.91 Å². The molecule has 0 saturated carbocycles. The second-order valence-electron chi connectivity index (χ2n) is 5.70. The van der Waals surface area contributed by atoms with Crippen molar-refractivity contribution in [2.24, 2.45) is 5.92 Å². The Hall–Kier alpha value is -1.63. The topological polar surface area (TPSA) is 71.8 Å². The van der Waals surface area contributed by atoms with Gasteiger partial charge < -0.3 is 10.6 Å². The molecular weight excluding hydrogens is 349 g/mol. The first-order chi connectivity index (χ1) is 11.2. The van der Waals surface area contributed by atoms with Gasteiger partial charge in [-0.3, -0.25) is 4.79 Å². The number of aryl methyl sites for hydroxylation is 1. The Morgan fingerprint density at radius 3 is 2.79 bits per heavy atom. The summed E-state index contributed by atoms with van der Waals surface area (Å²) in [5.41, 5.74) is 0.743. The van der Waals surface area contributed by atoms with Crippen LogP contribution in [0.5, 0.6) is 0 Å². The van der Waals surface area contributed by atoms with Crippen LogP contribution in [0.3, 0.4) is 0 Å². The largest absolute Gasteiger partial charge is 0.349 e. The number of hydrogen-bond donors (Lipinski definition) is 2. The minimum absolute atomic E-state index is 0. The average molecular weight is 370 g/mol. The monoisotopic (exact) mass is 369 g/mol. The number of rotatable bonds is 6. The van der Waals surface area contributed by atoms with Gasteiger partial charge in [0, 0.05) is 32.0 Å². The average Bonchev–Trinajstić information content (AvgIpc) is 2.90. The summed E-state index contributed by atoms with van der Waals surface area (Å²) in [4.78, 5) is 16.7. The third kappa shape index (κ3) is 4.06. The summed E-state index contributed by atoms with van der Waals surface area (Å²) in [6, 6.07) is 7.43. The number of amides is 1. The van der Waals surface area contributed by atoms with Gasteiger partial charge in [-0.1, -0.05) is 30.7 Å². The van der Waals surface area contributed by atoms with Crippen molar-refractivity contribution in [3.8, 4) is 5.69 Å². The van der Waals surface area contributed by atoms with E-state index in [-0.39, 0.29) is 24.1 Å². The van der Waals surface area contributed by atoms with Crippen LogP contribution in [0.1, 0.15) is 29.8 Å². The summed E-state index contributed by atoms with van der Waals surface area (Å²) in [6.07, 6.45) is 1.65. The third-order valence-electron chi connectivity index (χ3n) is 3.85. The second kappa shape index (κ2) is 8.46. The minimum Gasteiger partial charge on any atom is -0.349 e. The van der Waals surface area contributed by atoms with Crippen molar-refractivity contribution in [2.45, 2.75) is 19.8 Å². The molecule has 2 aromatic rings. The van der Waals surface area contributed by atoms with Gasteiger partial charge >= 0.3 is 0 Å². The molecule has 1 saturated heterocycles. The molecule has 0 atom stereocenters. The van der Waals surface area contributed by atoms with E-state index < -0.39 is 0 Å². The van der Waals surface area contributed by atoms with Crippen molar-refractivity contribution in [1.29, 1.82) is 0 Å². The summed E-state index contributed by atoms with van der Waals surface area (Å²) in [6.45, 7) is 4.61. The Kier molecular flexibility index (Phi) is 6.60. The lowest BCUT2D eigenvalue weighted by Gasteiger charge is -2.26. The van der Waals surface area contributed by atoms with Gasteiger partial charge in [-0.15, -0.1) is 17.5 Å². The Morgan fingerprint density at radius 1 is 1.42 bits per heavy atom. The first kappa shape index (κ1) is 18.7. The first-order valence-electron chi connectivity index (χ1n) is 7.88. The molecule has 0 radical (unpaired) electrons. The Morgan fingerprint density at radius 2 is 2.17 bits per heavy atom. The molecule has 3 rings (SSSR count). The molecule has 0 aliphatic carbocycles. The highest BCUT2D eigenvalue weighted by molar-refractivity contribution is 6.32. The smallest absolute Gasteiger partial charge is 0.290 e. The number of carbonyl (C=O) groups is 1. The van der Waals surface area contributed by atoms with E-state index >= 15 is 0 Å². The fourth-order valence-corrected chi connectivity index (χ4v) is 2.67. The van der Waals surface area contributed by atoms with Crippen LogP contribution in [0.4, 0.5) is 0 Å². The van der Waals surface area contributed by atoms with Crippen LogP contribution in [-0.4, -0.2) is 40.3 Å². The Labute approximate surface area is 152 Å². The molecule has 0 unspecified atom stereocenters. The highest BCUT2D eigenvalue weighted by Gasteiger charge is 2.21. The number of nitrogens with zero attached hydrogens (tertiary/aromatic N) is 3. The maximum absolute atomic E-state index is 12.3. The van der Waals surface area contributed by atoms with E-state index in [0.717, 1.165) is 37.4 Å². The highest BCUT2D eigenvalue weighted by Crippen LogP contribution is 2.21. The van der Waals surface area contributed by atoms with E-state index in [2.05, 4.69) is 27.6 Å². The molecule has 0 bridgehead atoms. The summed E-state index contributed by atoms with van der Waals surface area (Å²) in [5.74, 6) is 1.21. The van der Waals surface area contributed by atoms with Gasteiger partial charge in [-0.05, 0) is 18.6 Å². The molecule has 6 nitrogen and oxygen atoms in total. The summed E-state index contributed by atoms with van der Waals surface area (Å²) >= 11 is 6.25. The molecule has 1 aliphatic heterocycles. The standard InChI is InChI=1S/C16H20ClN5O.ClH/c1-2-5-14-20-15(16(23)19-10-11-8-18-9-11)21-22(14)13-7-4-3-6-12(13)17;/h3-4,6-7,11,18H,2,5,8-10H2,1H3,(H,19,23);1H. The van der Waals surface area contributed by atoms with Crippen LogP contribution >= 0.6 is 24.0 Å². The van der Waals surface area contributed by atoms with Crippen molar-refractivity contribution >= 4 is 29.9 Å². The van der Waals surface area contributed by atoms with Crippen LogP contribution in [0.2, 0.25) is 5.02 Å². The predicted molar refractivity (Wildman–Crippen MR) is 96.3 cm³/mol. The number of carbonyl (C=O) groups excluding carboxylic acids is 1. The molecule has 0 spiro atoms. The SMILES string of the molecule is CCCc1nc(C(=O)NCC2CNC2)nn1-c1ccccc1Cl.Cl. The maximum atomic E-state index is 12.3. The fraction of sp³-hybridized carbons (Fsp3) is 0.438. The van der Waals surface area contributed by atoms with E-state index in [1.165, 1.54) is 0 Å². The molecule has 8 heteroatoms. The van der Waals surface area contributed by atoms with Crippen LogP contribution in [0.15, 0.2) is 24.3 Å². The van der Waals surface area contributed by atoms with Crippen molar-refractivity contribution < 1.29 is 4.79 Å². The molecule has 2 heterocycles. The minimum atomic E-state index is -0.236. The van der Waals surface area contributed by atoms with Crippen molar-refractivity contribution in [1.82, 2.24) is 25.4 Å². The molecule has 1 aromatic heterocycles. The van der Waals surface area contributed by atoms with Gasteiger partial charge in [0.15, 0.2) is 0 Å². The van der Waals surface area contributed by atoms with Crippen LogP contribution < -0.4 is 10.6 Å². The number of hydrogen-bond acceptors (Lipinski definition) is 4. The zero-order chi connectivity index (χ0) is 16.2. The van der Waals surface area contributed by atoms with Crippen molar-refractivity contribution in [3.05, 3.63) is 40.9 Å². The Bertz CT molecular complexity index is 700. The van der Waals surface area contributed by atoms with Crippen LogP contribution in [-0.2, 0) is 6.42 Å². The molecular formula is C16H21Cl2N5O. The zero-order valence-corrected chi connectivity index (χ0v) is 15.0. The van der Waals surface area contributed by atoms with E-state index in [0.29, 0.717) is 17.5 Å². The normalized spacial score (nSPS) is 13.9.